The van der Waals surface area contributed by atoms with E-state index in [-0.39, 0.29) is 34.6 Å². The molecule has 1 heterocycles. The molecule has 0 radical (unpaired) electrons. The molecular weight excluding hydrogens is 330 g/mol. The normalized spacial score (nSPS) is 46.3. The Balaban J connectivity index is 1.57. The fourth-order valence-electron chi connectivity index (χ4n) is 6.38. The Kier molecular flexibility index (Phi) is 4.37. The highest BCUT2D eigenvalue weighted by atomic mass is 16.6. The third-order valence-electron chi connectivity index (χ3n) is 8.04. The number of carbonyl (C=O) groups is 2. The monoisotopic (exact) mass is 361 g/mol. The van der Waals surface area contributed by atoms with Crippen LogP contribution in [0, 0.1) is 28.6 Å². The highest BCUT2D eigenvalue weighted by molar-refractivity contribution is 5.91. The van der Waals surface area contributed by atoms with Crippen molar-refractivity contribution in [1.29, 1.82) is 0 Å². The van der Waals surface area contributed by atoms with Crippen LogP contribution in [-0.4, -0.2) is 36.6 Å². The van der Waals surface area contributed by atoms with Crippen molar-refractivity contribution in [2.24, 2.45) is 39.5 Å². The first kappa shape index (κ1) is 18.0. The van der Waals surface area contributed by atoms with Crippen LogP contribution in [0.15, 0.2) is 5.16 Å². The van der Waals surface area contributed by atoms with Gasteiger partial charge in [-0.3, -0.25) is 9.59 Å². The number of rotatable bonds is 3. The molecule has 26 heavy (non-hydrogen) atoms. The molecule has 3 saturated carbocycles. The molecule has 1 saturated heterocycles. The maximum atomic E-state index is 13.1. The standard InChI is InChI=1S/C20H31N3O3/c1-19-7-5-12(23-26-10-9-21)11-15(19)22-18(25)17-13-3-4-16(24)20(13,2)8-6-14(17)19/h13-15,17H,3-11,21H2,1-2H3,(H,22,25)/b23-12-/t13-,14-,15?,17-,19+,20-/m0/s1. The van der Waals surface area contributed by atoms with Crippen molar-refractivity contribution in [3.8, 4) is 0 Å². The van der Waals surface area contributed by atoms with Crippen molar-refractivity contribution in [3.05, 3.63) is 0 Å². The van der Waals surface area contributed by atoms with Crippen molar-refractivity contribution in [2.45, 2.75) is 64.8 Å². The molecule has 4 fully saturated rings. The van der Waals surface area contributed by atoms with Crippen molar-refractivity contribution >= 4 is 17.4 Å². The van der Waals surface area contributed by atoms with Gasteiger partial charge in [0, 0.05) is 36.8 Å². The Morgan fingerprint density at radius 2 is 2.00 bits per heavy atom. The summed E-state index contributed by atoms with van der Waals surface area (Å²) in [6, 6.07) is 0.117. The molecule has 0 bridgehead atoms. The molecule has 0 aromatic rings. The van der Waals surface area contributed by atoms with Gasteiger partial charge in [-0.2, -0.15) is 0 Å². The quantitative estimate of drug-likeness (QED) is 0.594. The van der Waals surface area contributed by atoms with Gasteiger partial charge in [0.1, 0.15) is 12.4 Å². The molecule has 1 amide bonds. The molecule has 6 atom stereocenters. The van der Waals surface area contributed by atoms with Gasteiger partial charge in [0.15, 0.2) is 0 Å². The van der Waals surface area contributed by atoms with Gasteiger partial charge in [0.05, 0.1) is 5.71 Å². The van der Waals surface area contributed by atoms with E-state index in [2.05, 4.69) is 24.3 Å². The molecule has 3 N–H and O–H groups in total. The zero-order chi connectivity index (χ0) is 18.5. The van der Waals surface area contributed by atoms with Crippen LogP contribution < -0.4 is 11.1 Å². The van der Waals surface area contributed by atoms with E-state index in [0.717, 1.165) is 44.2 Å². The number of amides is 1. The van der Waals surface area contributed by atoms with Crippen molar-refractivity contribution in [2.75, 3.05) is 13.2 Å². The van der Waals surface area contributed by atoms with Gasteiger partial charge in [0.2, 0.25) is 5.91 Å². The Morgan fingerprint density at radius 3 is 2.77 bits per heavy atom. The molecule has 0 spiro atoms. The molecule has 0 aromatic heterocycles. The van der Waals surface area contributed by atoms with Gasteiger partial charge in [-0.05, 0) is 49.4 Å². The van der Waals surface area contributed by atoms with Crippen LogP contribution in [0.25, 0.3) is 0 Å². The Hall–Kier alpha value is -1.43. The average Bonchev–Trinajstić information content (AvgIpc) is 2.92. The lowest BCUT2D eigenvalue weighted by Crippen LogP contribution is -2.65. The Morgan fingerprint density at radius 1 is 1.19 bits per heavy atom. The molecule has 1 unspecified atom stereocenters. The molecule has 0 aromatic carbocycles. The first-order valence-electron chi connectivity index (χ1n) is 10.1. The summed E-state index contributed by atoms with van der Waals surface area (Å²) < 4.78 is 0. The molecule has 144 valence electrons. The predicted octanol–water partition coefficient (Wildman–Crippen LogP) is 2.02. The van der Waals surface area contributed by atoms with Gasteiger partial charge >= 0.3 is 0 Å². The second kappa shape index (κ2) is 6.32. The van der Waals surface area contributed by atoms with Gasteiger partial charge in [0.25, 0.3) is 0 Å². The lowest BCUT2D eigenvalue weighted by Gasteiger charge is -2.58. The van der Waals surface area contributed by atoms with E-state index in [4.69, 9.17) is 10.6 Å². The summed E-state index contributed by atoms with van der Waals surface area (Å²) in [7, 11) is 0. The maximum absolute atomic E-state index is 13.1. The van der Waals surface area contributed by atoms with Gasteiger partial charge in [-0.15, -0.1) is 0 Å². The lowest BCUT2D eigenvalue weighted by molar-refractivity contribution is -0.153. The van der Waals surface area contributed by atoms with E-state index in [9.17, 15) is 9.59 Å². The zero-order valence-corrected chi connectivity index (χ0v) is 15.9. The number of piperidine rings is 1. The zero-order valence-electron chi connectivity index (χ0n) is 15.9. The maximum Gasteiger partial charge on any atom is 0.223 e. The largest absolute Gasteiger partial charge is 0.395 e. The van der Waals surface area contributed by atoms with Crippen LogP contribution in [0.2, 0.25) is 0 Å². The Labute approximate surface area is 155 Å². The van der Waals surface area contributed by atoms with Crippen LogP contribution in [0.4, 0.5) is 0 Å². The Bertz CT molecular complexity index is 648. The third-order valence-corrected chi connectivity index (χ3v) is 8.04. The van der Waals surface area contributed by atoms with Gasteiger partial charge in [-0.1, -0.05) is 19.0 Å². The van der Waals surface area contributed by atoms with Crippen molar-refractivity contribution < 1.29 is 14.4 Å². The molecule has 3 aliphatic carbocycles. The summed E-state index contributed by atoms with van der Waals surface area (Å²) in [5, 5.41) is 7.55. The SMILES string of the molecule is C[C@]12CC/C(=N/OCCN)CC1NC(=O)[C@@H]1[C@@H]2CC[C@]2(C)C(=O)CC[C@@H]12. The molecular formula is C20H31N3O3. The molecule has 4 aliphatic rings. The third kappa shape index (κ3) is 2.52. The fourth-order valence-corrected chi connectivity index (χ4v) is 6.38. The highest BCUT2D eigenvalue weighted by Gasteiger charge is 2.62. The van der Waals surface area contributed by atoms with E-state index in [1.165, 1.54) is 0 Å². The number of nitrogens with two attached hydrogens (primary N) is 1. The lowest BCUT2D eigenvalue weighted by atomic mass is 9.49. The predicted molar refractivity (Wildman–Crippen MR) is 98.4 cm³/mol. The first-order chi connectivity index (χ1) is 12.4. The first-order valence-corrected chi connectivity index (χ1v) is 10.1. The molecule has 6 heteroatoms. The summed E-state index contributed by atoms with van der Waals surface area (Å²) in [5.74, 6) is 1.11. The highest BCUT2D eigenvalue weighted by Crippen LogP contribution is 2.61. The number of ketones is 1. The van der Waals surface area contributed by atoms with Crippen LogP contribution in [0.5, 0.6) is 0 Å². The van der Waals surface area contributed by atoms with Crippen LogP contribution in [0.3, 0.4) is 0 Å². The van der Waals surface area contributed by atoms with E-state index in [1.807, 2.05) is 0 Å². The number of oxime groups is 1. The fraction of sp³-hybridized carbons (Fsp3) is 0.850. The van der Waals surface area contributed by atoms with E-state index in [1.54, 1.807) is 0 Å². The smallest absolute Gasteiger partial charge is 0.223 e. The average molecular weight is 361 g/mol. The van der Waals surface area contributed by atoms with Crippen molar-refractivity contribution in [1.82, 2.24) is 5.32 Å². The molecule has 6 nitrogen and oxygen atoms in total. The summed E-state index contributed by atoms with van der Waals surface area (Å²) in [6.07, 6.45) is 6.14. The molecule has 1 aliphatic heterocycles. The number of hydrogen-bond donors (Lipinski definition) is 2. The van der Waals surface area contributed by atoms with Crippen LogP contribution in [0.1, 0.15) is 58.8 Å². The second-order valence-corrected chi connectivity index (χ2v) is 9.21. The minimum Gasteiger partial charge on any atom is -0.395 e. The molecule has 4 rings (SSSR count). The minimum absolute atomic E-state index is 0.00608. The van der Waals surface area contributed by atoms with Gasteiger partial charge < -0.3 is 15.9 Å². The minimum atomic E-state index is -0.279. The van der Waals surface area contributed by atoms with Crippen LogP contribution in [-0.2, 0) is 14.4 Å². The summed E-state index contributed by atoms with van der Waals surface area (Å²) >= 11 is 0. The van der Waals surface area contributed by atoms with E-state index < -0.39 is 0 Å². The van der Waals surface area contributed by atoms with Crippen molar-refractivity contribution in [3.63, 3.8) is 0 Å². The number of nitrogens with zero attached hydrogens (tertiary/aromatic N) is 1. The second-order valence-electron chi connectivity index (χ2n) is 9.21. The summed E-state index contributed by atoms with van der Waals surface area (Å²) in [6.45, 7) is 5.32. The topological polar surface area (TPSA) is 93.8 Å². The number of Topliss-reactive ketones (excluding diaryl/α,β-unsaturated/α-hetero) is 1. The number of fused-ring (bicyclic) bond motifs is 5. The number of hydrogen-bond acceptors (Lipinski definition) is 5. The number of carbonyl (C=O) groups excluding carboxylic acids is 2. The van der Waals surface area contributed by atoms with Gasteiger partial charge in [-0.25, -0.2) is 0 Å². The van der Waals surface area contributed by atoms with E-state index in [0.29, 0.717) is 31.3 Å². The summed E-state index contributed by atoms with van der Waals surface area (Å²) in [5.41, 5.74) is 6.28. The van der Waals surface area contributed by atoms with Crippen LogP contribution >= 0.6 is 0 Å². The van der Waals surface area contributed by atoms with E-state index >= 15 is 0 Å². The summed E-state index contributed by atoms with van der Waals surface area (Å²) in [4.78, 5) is 30.8. The number of nitrogens with one attached hydrogen (secondary N) is 1.